The fourth-order valence-corrected chi connectivity index (χ4v) is 1.41. The average Bonchev–Trinajstić information content (AvgIpc) is 2.60. The molecule has 0 heterocycles. The molecule has 0 amide bonds. The molecule has 2 aromatic rings. The topological polar surface area (TPSA) is 223 Å². The Balaban J connectivity index is 0.000000405. The lowest BCUT2D eigenvalue weighted by molar-refractivity contribution is -0.384. The average molecular weight is 396 g/mol. The van der Waals surface area contributed by atoms with Gasteiger partial charge < -0.3 is 9.11 Å². The Hall–Kier alpha value is -4.05. The second-order valence-electron chi connectivity index (χ2n) is 4.10. The second-order valence-corrected chi connectivity index (χ2v) is 4.92. The molecule has 15 heteroatoms. The summed E-state index contributed by atoms with van der Waals surface area (Å²) in [6.45, 7) is 0. The van der Waals surface area contributed by atoms with Crippen LogP contribution in [0, 0.1) is 31.0 Å². The minimum atomic E-state index is -5.17. The van der Waals surface area contributed by atoms with Crippen molar-refractivity contribution in [1.29, 1.82) is 10.8 Å². The first-order chi connectivity index (χ1) is 12.5. The highest BCUT2D eigenvalue weighted by molar-refractivity contribution is 7.79. The van der Waals surface area contributed by atoms with Crippen LogP contribution in [-0.2, 0) is 10.4 Å². The van der Waals surface area contributed by atoms with Crippen LogP contribution >= 0.6 is 0 Å². The van der Waals surface area contributed by atoms with Gasteiger partial charge in [0.15, 0.2) is 9.95 Å². The van der Waals surface area contributed by atoms with E-state index in [-0.39, 0.29) is 22.7 Å². The highest BCUT2D eigenvalue weighted by atomic mass is 32.3. The summed E-state index contributed by atoms with van der Waals surface area (Å²) >= 11 is 0. The van der Waals surface area contributed by atoms with Crippen LogP contribution in [0.25, 0.3) is 9.95 Å². The minimum Gasteiger partial charge on any atom is -0.759 e. The van der Waals surface area contributed by atoms with Crippen LogP contribution in [0.4, 0.5) is 22.7 Å². The maximum Gasteiger partial charge on any atom is 0.461 e. The minimum absolute atomic E-state index is 0.0301. The summed E-state index contributed by atoms with van der Waals surface area (Å²) in [7, 11) is -5.17. The summed E-state index contributed by atoms with van der Waals surface area (Å²) in [6, 6.07) is 11.4. The van der Waals surface area contributed by atoms with Crippen LogP contribution in [0.15, 0.2) is 48.5 Å². The second kappa shape index (κ2) is 10.7. The highest BCUT2D eigenvalue weighted by Crippen LogP contribution is 2.26. The van der Waals surface area contributed by atoms with Crippen molar-refractivity contribution in [1.82, 2.24) is 0 Å². The lowest BCUT2D eigenvalue weighted by atomic mass is 10.3. The van der Waals surface area contributed by atoms with E-state index in [1.165, 1.54) is 36.4 Å². The van der Waals surface area contributed by atoms with Gasteiger partial charge in [-0.15, -0.1) is 0 Å². The van der Waals surface area contributed by atoms with Gasteiger partial charge in [0, 0.05) is 34.7 Å². The summed E-state index contributed by atoms with van der Waals surface area (Å²) < 4.78 is 34.1. The van der Waals surface area contributed by atoms with Crippen LogP contribution < -0.4 is 0 Å². The fourth-order valence-electron chi connectivity index (χ4n) is 1.41. The first-order valence-electron chi connectivity index (χ1n) is 6.35. The molecule has 0 radical (unpaired) electrons. The van der Waals surface area contributed by atoms with Crippen LogP contribution in [0.2, 0.25) is 0 Å². The molecule has 0 aliphatic heterocycles. The number of nitro benzene ring substituents is 2. The van der Waals surface area contributed by atoms with E-state index in [1.54, 1.807) is 12.1 Å². The van der Waals surface area contributed by atoms with Gasteiger partial charge >= 0.3 is 22.7 Å². The van der Waals surface area contributed by atoms with Crippen LogP contribution in [0.3, 0.4) is 0 Å². The van der Waals surface area contributed by atoms with Crippen LogP contribution in [0.1, 0.15) is 0 Å². The monoisotopic (exact) mass is 396 g/mol. The smallest absolute Gasteiger partial charge is 0.461 e. The van der Waals surface area contributed by atoms with Gasteiger partial charge in [-0.1, -0.05) is 24.3 Å². The zero-order chi connectivity index (χ0) is 21.0. The van der Waals surface area contributed by atoms with Gasteiger partial charge in [-0.3, -0.25) is 28.6 Å². The number of hydrogen-bond donors (Lipinski definition) is 0. The third kappa shape index (κ3) is 9.74. The standard InChI is InChI=1S/2C6H4N3O2.H2O4S/c2*7-8-5-3-1-2-4-6(5)9(10)11;1-5(2,3)4/h2*1-4H;(H2,1,2,3,4)/q2*+1;/p-2. The molecule has 0 bridgehead atoms. The van der Waals surface area contributed by atoms with Crippen molar-refractivity contribution in [2.24, 2.45) is 0 Å². The highest BCUT2D eigenvalue weighted by Gasteiger charge is 2.22. The van der Waals surface area contributed by atoms with Gasteiger partial charge in [-0.25, -0.2) is 0 Å². The lowest BCUT2D eigenvalue weighted by Crippen LogP contribution is -1.91. The molecule has 0 N–H and O–H groups in total. The Morgan fingerprint density at radius 1 is 0.741 bits per heavy atom. The number of nitro groups is 2. The Bertz CT molecular complexity index is 936. The van der Waals surface area contributed by atoms with Crippen molar-refractivity contribution in [2.75, 3.05) is 0 Å². The molecule has 0 saturated carbocycles. The number of para-hydroxylation sites is 2. The Kier molecular flexibility index (Phi) is 9.13. The molecular formula is C12H8N6O8S. The summed E-state index contributed by atoms with van der Waals surface area (Å²) in [5, 5.41) is 37.0. The predicted octanol–water partition coefficient (Wildman–Crippen LogP) is 2.82. The Morgan fingerprint density at radius 3 is 1.19 bits per heavy atom. The lowest BCUT2D eigenvalue weighted by Gasteiger charge is -2.06. The fraction of sp³-hybridized carbons (Fsp3) is 0. The van der Waals surface area contributed by atoms with E-state index in [9.17, 15) is 20.2 Å². The molecule has 0 saturated heterocycles. The summed E-state index contributed by atoms with van der Waals surface area (Å²) in [6.07, 6.45) is 0. The molecule has 0 aliphatic carbocycles. The zero-order valence-corrected chi connectivity index (χ0v) is 13.8. The Labute approximate surface area is 150 Å². The molecule has 0 aromatic heterocycles. The largest absolute Gasteiger partial charge is 0.759 e. The zero-order valence-electron chi connectivity index (χ0n) is 13.0. The van der Waals surface area contributed by atoms with Gasteiger partial charge in [0.05, 0.1) is 9.85 Å². The van der Waals surface area contributed by atoms with Crippen molar-refractivity contribution in [3.63, 3.8) is 0 Å². The van der Waals surface area contributed by atoms with Crippen molar-refractivity contribution < 1.29 is 27.4 Å². The molecule has 2 rings (SSSR count). The number of diazo groups is 2. The molecule has 0 fully saturated rings. The van der Waals surface area contributed by atoms with Crippen molar-refractivity contribution in [3.05, 3.63) is 78.7 Å². The van der Waals surface area contributed by atoms with Gasteiger partial charge in [-0.05, 0) is 0 Å². The summed E-state index contributed by atoms with van der Waals surface area (Å²) in [5.41, 5.74) is -0.458. The van der Waals surface area contributed by atoms with E-state index in [0.29, 0.717) is 0 Å². The molecule has 14 nitrogen and oxygen atoms in total. The molecule has 0 aliphatic rings. The number of hydrogen-bond acceptors (Lipinski definition) is 10. The van der Waals surface area contributed by atoms with Crippen molar-refractivity contribution in [3.8, 4) is 0 Å². The van der Waals surface area contributed by atoms with E-state index in [1.807, 2.05) is 0 Å². The summed E-state index contributed by atoms with van der Waals surface area (Å²) in [5.74, 6) is 0. The Morgan fingerprint density at radius 2 is 1.00 bits per heavy atom. The first kappa shape index (κ1) is 23.0. The molecule has 0 atom stereocenters. The number of benzene rings is 2. The van der Waals surface area contributed by atoms with Crippen LogP contribution in [-0.4, -0.2) is 27.4 Å². The number of nitrogens with zero attached hydrogens (tertiary/aromatic N) is 6. The van der Waals surface area contributed by atoms with Crippen molar-refractivity contribution >= 4 is 33.1 Å². The van der Waals surface area contributed by atoms with E-state index >= 15 is 0 Å². The van der Waals surface area contributed by atoms with Crippen molar-refractivity contribution in [2.45, 2.75) is 0 Å². The molecule has 140 valence electrons. The molecular weight excluding hydrogens is 388 g/mol. The maximum absolute atomic E-state index is 10.2. The normalized spacial score (nSPS) is 9.19. The van der Waals surface area contributed by atoms with E-state index in [4.69, 9.17) is 28.3 Å². The maximum atomic E-state index is 10.2. The third-order valence-electron chi connectivity index (χ3n) is 2.37. The quantitative estimate of drug-likeness (QED) is 0.237. The molecule has 0 spiro atoms. The van der Waals surface area contributed by atoms with Gasteiger partial charge in [0.25, 0.3) is 0 Å². The predicted molar refractivity (Wildman–Crippen MR) is 86.2 cm³/mol. The number of rotatable bonds is 2. The van der Waals surface area contributed by atoms with Gasteiger partial charge in [0.2, 0.25) is 10.8 Å². The van der Waals surface area contributed by atoms with E-state index in [0.717, 1.165) is 0 Å². The van der Waals surface area contributed by atoms with Gasteiger partial charge in [-0.2, -0.15) is 0 Å². The molecule has 0 unspecified atom stereocenters. The first-order valence-corrected chi connectivity index (χ1v) is 7.68. The van der Waals surface area contributed by atoms with Crippen LogP contribution in [0.5, 0.6) is 0 Å². The van der Waals surface area contributed by atoms with E-state index in [2.05, 4.69) is 9.95 Å². The third-order valence-corrected chi connectivity index (χ3v) is 2.37. The molecule has 27 heavy (non-hydrogen) atoms. The van der Waals surface area contributed by atoms with E-state index < -0.39 is 20.2 Å². The SMILES string of the molecule is N#[N+]c1ccccc1[N+](=O)[O-].N#[N+]c1ccccc1[N+](=O)[O-].O=S(=O)([O-])[O-]. The summed E-state index contributed by atoms with van der Waals surface area (Å²) in [4.78, 5) is 24.7. The molecule has 2 aromatic carbocycles. The van der Waals surface area contributed by atoms with Gasteiger partial charge in [0.1, 0.15) is 0 Å².